The van der Waals surface area contributed by atoms with E-state index in [0.29, 0.717) is 12.8 Å². The molecule has 2 atom stereocenters. The molecule has 0 aromatic heterocycles. The van der Waals surface area contributed by atoms with Gasteiger partial charge in [0.1, 0.15) is 5.82 Å². The van der Waals surface area contributed by atoms with E-state index >= 15 is 0 Å². The zero-order valence-electron chi connectivity index (χ0n) is 10.9. The first-order valence-electron chi connectivity index (χ1n) is 6.18. The molecule has 0 aliphatic heterocycles. The Balaban J connectivity index is 2.25. The van der Waals surface area contributed by atoms with E-state index < -0.39 is 31.9 Å². The molecule has 2 unspecified atom stereocenters. The van der Waals surface area contributed by atoms with E-state index in [0.717, 1.165) is 30.9 Å². The van der Waals surface area contributed by atoms with Crippen LogP contribution in [0.1, 0.15) is 19.3 Å². The third-order valence-corrected chi connectivity index (χ3v) is 5.17. The highest BCUT2D eigenvalue weighted by Gasteiger charge is 2.35. The standard InChI is InChI=1S/C12H15FN2O4S/c1-20(18,19)12-4-2-3-10(12)14-11-7-8(15(16)17)5-6-9(11)13/h5-7,10,12,14H,2-4H2,1H3. The molecule has 0 amide bonds. The van der Waals surface area contributed by atoms with Gasteiger partial charge < -0.3 is 5.32 Å². The Bertz CT molecular complexity index is 632. The first-order valence-corrected chi connectivity index (χ1v) is 8.14. The molecule has 0 saturated heterocycles. The molecule has 8 heteroatoms. The Labute approximate surface area is 116 Å². The number of nitrogens with zero attached hydrogens (tertiary/aromatic N) is 1. The fraction of sp³-hybridized carbons (Fsp3) is 0.500. The lowest BCUT2D eigenvalue weighted by atomic mass is 10.2. The van der Waals surface area contributed by atoms with Crippen LogP contribution < -0.4 is 5.32 Å². The van der Waals surface area contributed by atoms with Crippen molar-refractivity contribution in [2.45, 2.75) is 30.6 Å². The molecule has 6 nitrogen and oxygen atoms in total. The number of hydrogen-bond acceptors (Lipinski definition) is 5. The molecule has 0 radical (unpaired) electrons. The van der Waals surface area contributed by atoms with Crippen molar-refractivity contribution in [1.29, 1.82) is 0 Å². The van der Waals surface area contributed by atoms with Crippen molar-refractivity contribution in [3.63, 3.8) is 0 Å². The molecular formula is C12H15FN2O4S. The summed E-state index contributed by atoms with van der Waals surface area (Å²) in [5.74, 6) is -0.630. The summed E-state index contributed by atoms with van der Waals surface area (Å²) in [4.78, 5) is 10.1. The van der Waals surface area contributed by atoms with Gasteiger partial charge in [0.05, 0.1) is 15.9 Å². The second-order valence-corrected chi connectivity index (χ2v) is 7.24. The number of nitro groups is 1. The second kappa shape index (κ2) is 5.35. The molecule has 1 saturated carbocycles. The van der Waals surface area contributed by atoms with Crippen molar-refractivity contribution >= 4 is 21.2 Å². The molecule has 1 aliphatic carbocycles. The Kier molecular flexibility index (Phi) is 3.94. The fourth-order valence-electron chi connectivity index (χ4n) is 2.54. The fourth-order valence-corrected chi connectivity index (χ4v) is 3.94. The SMILES string of the molecule is CS(=O)(=O)C1CCCC1Nc1cc([N+](=O)[O-])ccc1F. The lowest BCUT2D eigenvalue weighted by Gasteiger charge is -2.20. The number of hydrogen-bond donors (Lipinski definition) is 1. The molecule has 20 heavy (non-hydrogen) atoms. The van der Waals surface area contributed by atoms with E-state index in [4.69, 9.17) is 0 Å². The summed E-state index contributed by atoms with van der Waals surface area (Å²) in [6.07, 6.45) is 3.00. The number of nitro benzene ring substituents is 1. The summed E-state index contributed by atoms with van der Waals surface area (Å²) in [6, 6.07) is 2.75. The number of rotatable bonds is 4. The van der Waals surface area contributed by atoms with E-state index in [1.807, 2.05) is 0 Å². The molecule has 1 fully saturated rings. The highest BCUT2D eigenvalue weighted by Crippen LogP contribution is 2.30. The van der Waals surface area contributed by atoms with Gasteiger partial charge in [0.25, 0.3) is 5.69 Å². The Morgan fingerprint density at radius 1 is 1.40 bits per heavy atom. The van der Waals surface area contributed by atoms with Crippen LogP contribution in [0.3, 0.4) is 0 Å². The average molecular weight is 302 g/mol. The quantitative estimate of drug-likeness (QED) is 0.679. The minimum Gasteiger partial charge on any atom is -0.378 e. The number of non-ortho nitro benzene ring substituents is 1. The summed E-state index contributed by atoms with van der Waals surface area (Å²) in [6.45, 7) is 0. The molecule has 1 aliphatic rings. The molecule has 0 bridgehead atoms. The van der Waals surface area contributed by atoms with Crippen molar-refractivity contribution in [1.82, 2.24) is 0 Å². The van der Waals surface area contributed by atoms with E-state index in [-0.39, 0.29) is 11.4 Å². The van der Waals surface area contributed by atoms with Gasteiger partial charge in [-0.25, -0.2) is 12.8 Å². The molecule has 0 spiro atoms. The average Bonchev–Trinajstić information content (AvgIpc) is 2.79. The monoisotopic (exact) mass is 302 g/mol. The number of sulfone groups is 1. The summed E-state index contributed by atoms with van der Waals surface area (Å²) in [7, 11) is -3.23. The summed E-state index contributed by atoms with van der Waals surface area (Å²) < 4.78 is 37.0. The highest BCUT2D eigenvalue weighted by molar-refractivity contribution is 7.91. The van der Waals surface area contributed by atoms with Crippen molar-refractivity contribution in [3.8, 4) is 0 Å². The van der Waals surface area contributed by atoms with Crippen LogP contribution >= 0.6 is 0 Å². The zero-order valence-corrected chi connectivity index (χ0v) is 11.7. The molecule has 1 N–H and O–H groups in total. The predicted octanol–water partition coefficient (Wildman–Crippen LogP) is 2.11. The first kappa shape index (κ1) is 14.7. The van der Waals surface area contributed by atoms with Crippen molar-refractivity contribution < 1.29 is 17.7 Å². The summed E-state index contributed by atoms with van der Waals surface area (Å²) in [5, 5.41) is 12.9. The molecule has 2 rings (SSSR count). The minimum atomic E-state index is -3.23. The lowest BCUT2D eigenvalue weighted by Crippen LogP contribution is -2.34. The Hall–Kier alpha value is -1.70. The number of benzene rings is 1. The number of halogens is 1. The molecular weight excluding hydrogens is 287 g/mol. The number of anilines is 1. The maximum Gasteiger partial charge on any atom is 0.271 e. The van der Waals surface area contributed by atoms with E-state index in [9.17, 15) is 22.9 Å². The van der Waals surface area contributed by atoms with Crippen LogP contribution in [0.2, 0.25) is 0 Å². The van der Waals surface area contributed by atoms with Gasteiger partial charge in [-0.2, -0.15) is 0 Å². The highest BCUT2D eigenvalue weighted by atomic mass is 32.2. The normalized spacial score (nSPS) is 22.7. The first-order chi connectivity index (χ1) is 9.29. The topological polar surface area (TPSA) is 89.3 Å². The van der Waals surface area contributed by atoms with Crippen molar-refractivity contribution in [2.75, 3.05) is 11.6 Å². The minimum absolute atomic E-state index is 0.0280. The van der Waals surface area contributed by atoms with E-state index in [1.54, 1.807) is 0 Å². The number of nitrogens with one attached hydrogen (secondary N) is 1. The third-order valence-electron chi connectivity index (χ3n) is 3.50. The third kappa shape index (κ3) is 3.06. The van der Waals surface area contributed by atoms with Crippen molar-refractivity contribution in [3.05, 3.63) is 34.1 Å². The predicted molar refractivity (Wildman–Crippen MR) is 72.9 cm³/mol. The van der Waals surface area contributed by atoms with Gasteiger partial charge in [-0.05, 0) is 25.3 Å². The molecule has 0 heterocycles. The van der Waals surface area contributed by atoms with Gasteiger partial charge in [0, 0.05) is 24.4 Å². The van der Waals surface area contributed by atoms with Crippen LogP contribution in [-0.4, -0.2) is 30.9 Å². The second-order valence-electron chi connectivity index (χ2n) is 4.97. The van der Waals surface area contributed by atoms with E-state index in [2.05, 4.69) is 5.32 Å². The van der Waals surface area contributed by atoms with Crippen LogP contribution in [-0.2, 0) is 9.84 Å². The maximum absolute atomic E-state index is 13.7. The van der Waals surface area contributed by atoms with Crippen LogP contribution in [0, 0.1) is 15.9 Å². The molecule has 1 aromatic rings. The zero-order chi connectivity index (χ0) is 14.9. The van der Waals surface area contributed by atoms with Gasteiger partial charge >= 0.3 is 0 Å². The summed E-state index contributed by atoms with van der Waals surface area (Å²) in [5.41, 5.74) is -0.262. The van der Waals surface area contributed by atoms with Crippen LogP contribution in [0.25, 0.3) is 0 Å². The van der Waals surface area contributed by atoms with Gasteiger partial charge in [-0.3, -0.25) is 10.1 Å². The molecule has 1 aromatic carbocycles. The smallest absolute Gasteiger partial charge is 0.271 e. The van der Waals surface area contributed by atoms with Gasteiger partial charge in [0.15, 0.2) is 9.84 Å². The van der Waals surface area contributed by atoms with Crippen LogP contribution in [0.4, 0.5) is 15.8 Å². The lowest BCUT2D eigenvalue weighted by molar-refractivity contribution is -0.384. The van der Waals surface area contributed by atoms with Crippen molar-refractivity contribution in [2.24, 2.45) is 0 Å². The van der Waals surface area contributed by atoms with Crippen LogP contribution in [0.15, 0.2) is 18.2 Å². The van der Waals surface area contributed by atoms with Gasteiger partial charge in [0.2, 0.25) is 0 Å². The van der Waals surface area contributed by atoms with E-state index in [1.165, 1.54) is 0 Å². The van der Waals surface area contributed by atoms with Gasteiger partial charge in [-0.1, -0.05) is 0 Å². The largest absolute Gasteiger partial charge is 0.378 e. The van der Waals surface area contributed by atoms with Crippen LogP contribution in [0.5, 0.6) is 0 Å². The Morgan fingerprint density at radius 3 is 2.70 bits per heavy atom. The maximum atomic E-state index is 13.7. The Morgan fingerprint density at radius 2 is 2.10 bits per heavy atom. The molecule has 110 valence electrons. The van der Waals surface area contributed by atoms with Gasteiger partial charge in [-0.15, -0.1) is 0 Å². The summed E-state index contributed by atoms with van der Waals surface area (Å²) >= 11 is 0.